The first-order chi connectivity index (χ1) is 11.6. The minimum Gasteiger partial charge on any atom is -0.298 e. The van der Waals surface area contributed by atoms with Gasteiger partial charge in [0, 0.05) is 11.8 Å². The van der Waals surface area contributed by atoms with Crippen LogP contribution in [-0.2, 0) is 4.79 Å². The smallest absolute Gasteiger partial charge is 0.147 e. The van der Waals surface area contributed by atoms with Gasteiger partial charge in [-0.3, -0.25) is 4.79 Å². The third-order valence-electron chi connectivity index (χ3n) is 5.72. The molecule has 0 spiro atoms. The van der Waals surface area contributed by atoms with E-state index in [1.54, 1.807) is 0 Å². The van der Waals surface area contributed by atoms with Crippen LogP contribution in [0.5, 0.6) is 0 Å². The van der Waals surface area contributed by atoms with Gasteiger partial charge in [-0.05, 0) is 65.2 Å². The van der Waals surface area contributed by atoms with Gasteiger partial charge in [0.05, 0.1) is 0 Å². The molecule has 0 aliphatic heterocycles. The number of Topliss-reactive ketones (excluding diaryl/α,β-unsaturated/α-hetero) is 1. The fourth-order valence-corrected chi connectivity index (χ4v) is 4.24. The zero-order chi connectivity index (χ0) is 17.5. The Morgan fingerprint density at radius 1 is 0.833 bits per heavy atom. The van der Waals surface area contributed by atoms with E-state index in [4.69, 9.17) is 0 Å². The molecule has 24 heavy (non-hydrogen) atoms. The van der Waals surface area contributed by atoms with Gasteiger partial charge in [-0.1, -0.05) is 60.4 Å². The Morgan fingerprint density at radius 3 is 1.62 bits per heavy atom. The molecule has 1 heteroatoms. The molecule has 0 aromatic rings. The van der Waals surface area contributed by atoms with Gasteiger partial charge in [0.2, 0.25) is 0 Å². The zero-order valence-corrected chi connectivity index (χ0v) is 16.0. The van der Waals surface area contributed by atoms with Crippen LogP contribution >= 0.6 is 0 Å². The van der Waals surface area contributed by atoms with Crippen LogP contribution in [0.25, 0.3) is 0 Å². The minimum absolute atomic E-state index is 0.174. The first-order valence-corrected chi connectivity index (χ1v) is 9.80. The van der Waals surface area contributed by atoms with Crippen LogP contribution in [-0.4, -0.2) is 5.78 Å². The van der Waals surface area contributed by atoms with Crippen molar-refractivity contribution in [1.82, 2.24) is 0 Å². The second kappa shape index (κ2) is 9.20. The molecular weight excluding hydrogens is 292 g/mol. The lowest BCUT2D eigenvalue weighted by Crippen LogP contribution is -2.23. The van der Waals surface area contributed by atoms with Crippen LogP contribution in [0.2, 0.25) is 0 Å². The van der Waals surface area contributed by atoms with Crippen molar-refractivity contribution in [2.24, 2.45) is 11.8 Å². The van der Waals surface area contributed by atoms with E-state index in [1.807, 2.05) is 0 Å². The highest BCUT2D eigenvalue weighted by molar-refractivity contribution is 5.89. The van der Waals surface area contributed by atoms with Crippen molar-refractivity contribution in [2.45, 2.75) is 79.1 Å². The summed E-state index contributed by atoms with van der Waals surface area (Å²) in [6.45, 7) is 8.78. The summed E-state index contributed by atoms with van der Waals surface area (Å²) in [7, 11) is 0. The van der Waals surface area contributed by atoms with Crippen LogP contribution in [0.4, 0.5) is 0 Å². The molecule has 2 rings (SSSR count). The maximum absolute atomic E-state index is 13.3. The number of hydrogen-bond donors (Lipinski definition) is 0. The van der Waals surface area contributed by atoms with E-state index < -0.39 is 0 Å². The summed E-state index contributed by atoms with van der Waals surface area (Å²) >= 11 is 0. The van der Waals surface area contributed by atoms with Gasteiger partial charge in [-0.2, -0.15) is 0 Å². The molecule has 0 heterocycles. The standard InChI is InChI=1S/C23H34O/c1-5-7-9-11-19-17(3)13-15-21(19)23(24)22-16-14-18(4)20(22)12-10-8-6-2/h7-10,21-22H,5-6,11-16H2,1-4H3/b9-7-,10-8-. The van der Waals surface area contributed by atoms with Crippen LogP contribution in [0.15, 0.2) is 46.6 Å². The van der Waals surface area contributed by atoms with Crippen LogP contribution in [0.1, 0.15) is 79.1 Å². The monoisotopic (exact) mass is 326 g/mol. The molecule has 0 aromatic carbocycles. The summed E-state index contributed by atoms with van der Waals surface area (Å²) in [4.78, 5) is 13.3. The second-order valence-corrected chi connectivity index (χ2v) is 7.36. The molecule has 0 amide bonds. The van der Waals surface area contributed by atoms with Crippen LogP contribution in [0, 0.1) is 11.8 Å². The van der Waals surface area contributed by atoms with E-state index in [0.29, 0.717) is 5.78 Å². The van der Waals surface area contributed by atoms with Crippen molar-refractivity contribution in [3.05, 3.63) is 46.6 Å². The van der Waals surface area contributed by atoms with E-state index in [9.17, 15) is 4.79 Å². The lowest BCUT2D eigenvalue weighted by atomic mass is 9.82. The number of hydrogen-bond acceptors (Lipinski definition) is 1. The molecule has 1 nitrogen and oxygen atoms in total. The van der Waals surface area contributed by atoms with Crippen molar-refractivity contribution in [3.63, 3.8) is 0 Å². The van der Waals surface area contributed by atoms with Gasteiger partial charge in [-0.15, -0.1) is 0 Å². The molecule has 0 radical (unpaired) electrons. The molecule has 0 saturated carbocycles. The average Bonchev–Trinajstić information content (AvgIpc) is 3.11. The van der Waals surface area contributed by atoms with Gasteiger partial charge >= 0.3 is 0 Å². The topological polar surface area (TPSA) is 17.1 Å². The lowest BCUT2D eigenvalue weighted by molar-refractivity contribution is -0.124. The quantitative estimate of drug-likeness (QED) is 0.452. The summed E-state index contributed by atoms with van der Waals surface area (Å²) in [6, 6.07) is 0. The molecule has 2 aliphatic rings. The van der Waals surface area contributed by atoms with Gasteiger partial charge in [-0.25, -0.2) is 0 Å². The highest BCUT2D eigenvalue weighted by Crippen LogP contribution is 2.42. The molecule has 0 saturated heterocycles. The number of carbonyl (C=O) groups excluding carboxylic acids is 1. The van der Waals surface area contributed by atoms with E-state index >= 15 is 0 Å². The van der Waals surface area contributed by atoms with E-state index in [2.05, 4.69) is 52.0 Å². The van der Waals surface area contributed by atoms with Gasteiger partial charge in [0.25, 0.3) is 0 Å². The Hall–Kier alpha value is -1.37. The largest absolute Gasteiger partial charge is 0.298 e. The molecule has 0 N–H and O–H groups in total. The Kier molecular flexibility index (Phi) is 7.27. The molecular formula is C23H34O. The molecule has 0 bridgehead atoms. The predicted molar refractivity (Wildman–Crippen MR) is 104 cm³/mol. The van der Waals surface area contributed by atoms with Crippen molar-refractivity contribution < 1.29 is 4.79 Å². The Balaban J connectivity index is 2.12. The zero-order valence-electron chi connectivity index (χ0n) is 16.0. The first-order valence-electron chi connectivity index (χ1n) is 9.80. The normalized spacial score (nSPS) is 25.0. The Morgan fingerprint density at radius 2 is 1.25 bits per heavy atom. The molecule has 2 atom stereocenters. The van der Waals surface area contributed by atoms with E-state index in [1.165, 1.54) is 22.3 Å². The van der Waals surface area contributed by atoms with Crippen LogP contribution < -0.4 is 0 Å². The third-order valence-corrected chi connectivity index (χ3v) is 5.72. The first kappa shape index (κ1) is 19.0. The van der Waals surface area contributed by atoms with Crippen molar-refractivity contribution in [2.75, 3.05) is 0 Å². The fraction of sp³-hybridized carbons (Fsp3) is 0.609. The summed E-state index contributed by atoms with van der Waals surface area (Å²) < 4.78 is 0. The minimum atomic E-state index is 0.174. The molecule has 2 aliphatic carbocycles. The maximum atomic E-state index is 13.3. The highest BCUT2D eigenvalue weighted by atomic mass is 16.1. The predicted octanol–water partition coefficient (Wildman–Crippen LogP) is 6.72. The van der Waals surface area contributed by atoms with Crippen molar-refractivity contribution in [3.8, 4) is 0 Å². The van der Waals surface area contributed by atoms with E-state index in [0.717, 1.165) is 51.4 Å². The number of rotatable bonds is 8. The summed E-state index contributed by atoms with van der Waals surface area (Å²) in [5.41, 5.74) is 5.75. The number of allylic oxidation sites excluding steroid dienone is 8. The highest BCUT2D eigenvalue weighted by Gasteiger charge is 2.36. The van der Waals surface area contributed by atoms with Gasteiger partial charge in [0.15, 0.2) is 0 Å². The molecule has 0 fully saturated rings. The van der Waals surface area contributed by atoms with Crippen LogP contribution in [0.3, 0.4) is 0 Å². The molecule has 132 valence electrons. The summed E-state index contributed by atoms with van der Waals surface area (Å²) in [6.07, 6.45) is 17.3. The second-order valence-electron chi connectivity index (χ2n) is 7.36. The Labute approximate surface area is 148 Å². The van der Waals surface area contributed by atoms with E-state index in [-0.39, 0.29) is 11.8 Å². The van der Waals surface area contributed by atoms with Gasteiger partial charge < -0.3 is 0 Å². The lowest BCUT2D eigenvalue weighted by Gasteiger charge is -2.20. The number of ketones is 1. The third kappa shape index (κ3) is 4.37. The Bertz CT molecular complexity index is 521. The molecule has 2 unspecified atom stereocenters. The number of carbonyl (C=O) groups is 1. The molecule has 0 aromatic heterocycles. The van der Waals surface area contributed by atoms with Crippen molar-refractivity contribution >= 4 is 5.78 Å². The average molecular weight is 327 g/mol. The van der Waals surface area contributed by atoms with Gasteiger partial charge in [0.1, 0.15) is 5.78 Å². The maximum Gasteiger partial charge on any atom is 0.147 e. The summed E-state index contributed by atoms with van der Waals surface area (Å²) in [5, 5.41) is 0. The fourth-order valence-electron chi connectivity index (χ4n) is 4.24. The van der Waals surface area contributed by atoms with Crippen molar-refractivity contribution in [1.29, 1.82) is 0 Å². The summed E-state index contributed by atoms with van der Waals surface area (Å²) in [5.74, 6) is 0.851. The SMILES string of the molecule is CC/C=C\CC1=C(C)CCC1C(=O)C1CCC(C)=C1C/C=C\CC.